The molecule has 0 aromatic carbocycles. The summed E-state index contributed by atoms with van der Waals surface area (Å²) in [5.74, 6) is -1.56. The van der Waals surface area contributed by atoms with Crippen LogP contribution in [0, 0.1) is 5.92 Å². The van der Waals surface area contributed by atoms with Crippen LogP contribution in [0.5, 0.6) is 0 Å². The quantitative estimate of drug-likeness (QED) is 0.819. The van der Waals surface area contributed by atoms with Gasteiger partial charge in [0, 0.05) is 37.8 Å². The summed E-state index contributed by atoms with van der Waals surface area (Å²) in [6.07, 6.45) is 3.70. The van der Waals surface area contributed by atoms with Gasteiger partial charge in [0.25, 0.3) is 0 Å². The Morgan fingerprint density at radius 1 is 1.65 bits per heavy atom. The van der Waals surface area contributed by atoms with Gasteiger partial charge in [0.05, 0.1) is 12.1 Å². The molecule has 1 aliphatic heterocycles. The number of amides is 1. The van der Waals surface area contributed by atoms with Gasteiger partial charge in [0.15, 0.2) is 0 Å². The fourth-order valence-electron chi connectivity index (χ4n) is 1.97. The number of hydrogen-bond donors (Lipinski definition) is 1. The molecule has 1 amide bonds. The molecule has 6 nitrogen and oxygen atoms in total. The summed E-state index contributed by atoms with van der Waals surface area (Å²) in [6, 6.07) is 0. The number of aliphatic carboxylic acids is 1. The van der Waals surface area contributed by atoms with Gasteiger partial charge in [-0.05, 0) is 6.92 Å². The normalized spacial score (nSPS) is 19.9. The Balaban J connectivity index is 2.00. The molecule has 2 rings (SSSR count). The van der Waals surface area contributed by atoms with Crippen molar-refractivity contribution in [3.8, 4) is 0 Å². The maximum atomic E-state index is 11.6. The standard InChI is InChI=1S/C11H15N3O3/c1-2-14-6-8(4-12-14)5-13-7-9(11(16)17)3-10(13)15/h4,6,9H,2-3,5,7H2,1H3,(H,16,17)/t9-/m1/s1. The molecule has 0 unspecified atom stereocenters. The topological polar surface area (TPSA) is 75.4 Å². The summed E-state index contributed by atoms with van der Waals surface area (Å²) in [4.78, 5) is 24.0. The molecule has 0 radical (unpaired) electrons. The van der Waals surface area contributed by atoms with Gasteiger partial charge in [-0.3, -0.25) is 14.3 Å². The van der Waals surface area contributed by atoms with Gasteiger partial charge in [0.2, 0.25) is 5.91 Å². The first-order valence-electron chi connectivity index (χ1n) is 5.62. The van der Waals surface area contributed by atoms with E-state index in [9.17, 15) is 9.59 Å². The average molecular weight is 237 g/mol. The Kier molecular flexibility index (Phi) is 3.12. The van der Waals surface area contributed by atoms with Gasteiger partial charge < -0.3 is 10.0 Å². The molecule has 1 aromatic rings. The fraction of sp³-hybridized carbons (Fsp3) is 0.545. The first-order chi connectivity index (χ1) is 8.10. The Labute approximate surface area is 98.8 Å². The van der Waals surface area contributed by atoms with Crippen molar-refractivity contribution < 1.29 is 14.7 Å². The molecule has 0 saturated carbocycles. The molecule has 1 aliphatic rings. The van der Waals surface area contributed by atoms with Crippen molar-refractivity contribution in [1.29, 1.82) is 0 Å². The summed E-state index contributed by atoms with van der Waals surface area (Å²) in [5, 5.41) is 13.0. The summed E-state index contributed by atoms with van der Waals surface area (Å²) in [7, 11) is 0. The SMILES string of the molecule is CCn1cc(CN2C[C@H](C(=O)O)CC2=O)cn1. The lowest BCUT2D eigenvalue weighted by Crippen LogP contribution is -2.25. The van der Waals surface area contributed by atoms with Crippen LogP contribution in [0.25, 0.3) is 0 Å². The molecule has 17 heavy (non-hydrogen) atoms. The van der Waals surface area contributed by atoms with E-state index >= 15 is 0 Å². The van der Waals surface area contributed by atoms with Crippen molar-refractivity contribution in [3.63, 3.8) is 0 Å². The van der Waals surface area contributed by atoms with E-state index in [1.165, 1.54) is 0 Å². The minimum atomic E-state index is -0.898. The Hall–Kier alpha value is -1.85. The third-order valence-electron chi connectivity index (χ3n) is 2.95. The van der Waals surface area contributed by atoms with Crippen LogP contribution in [0.3, 0.4) is 0 Å². The molecule has 0 aliphatic carbocycles. The first kappa shape index (κ1) is 11.6. The number of carboxylic acids is 1. The third-order valence-corrected chi connectivity index (χ3v) is 2.95. The Morgan fingerprint density at radius 3 is 2.94 bits per heavy atom. The van der Waals surface area contributed by atoms with E-state index < -0.39 is 11.9 Å². The van der Waals surface area contributed by atoms with E-state index in [2.05, 4.69) is 5.10 Å². The van der Waals surface area contributed by atoms with Crippen LogP contribution >= 0.6 is 0 Å². The second kappa shape index (κ2) is 4.57. The van der Waals surface area contributed by atoms with Crippen LogP contribution in [-0.2, 0) is 22.7 Å². The van der Waals surface area contributed by atoms with Crippen molar-refractivity contribution in [2.24, 2.45) is 5.92 Å². The summed E-state index contributed by atoms with van der Waals surface area (Å²) < 4.78 is 1.78. The number of rotatable bonds is 4. The number of carbonyl (C=O) groups excluding carboxylic acids is 1. The molecule has 1 aromatic heterocycles. The molecule has 6 heteroatoms. The van der Waals surface area contributed by atoms with Crippen LogP contribution in [0.15, 0.2) is 12.4 Å². The molecule has 1 atom stereocenters. The largest absolute Gasteiger partial charge is 0.481 e. The molecule has 1 fully saturated rings. The minimum Gasteiger partial charge on any atom is -0.481 e. The molecule has 0 spiro atoms. The van der Waals surface area contributed by atoms with Crippen LogP contribution in [-0.4, -0.2) is 38.2 Å². The van der Waals surface area contributed by atoms with Gasteiger partial charge >= 0.3 is 5.97 Å². The van der Waals surface area contributed by atoms with E-state index in [1.54, 1.807) is 15.8 Å². The van der Waals surface area contributed by atoms with Gasteiger partial charge in [-0.15, -0.1) is 0 Å². The van der Waals surface area contributed by atoms with E-state index in [0.717, 1.165) is 12.1 Å². The zero-order valence-electron chi connectivity index (χ0n) is 9.67. The van der Waals surface area contributed by atoms with Crippen LogP contribution in [0.1, 0.15) is 18.9 Å². The predicted octanol–water partition coefficient (Wildman–Crippen LogP) is 0.336. The van der Waals surface area contributed by atoms with Crippen molar-refractivity contribution in [2.45, 2.75) is 26.4 Å². The van der Waals surface area contributed by atoms with Gasteiger partial charge in [-0.1, -0.05) is 0 Å². The van der Waals surface area contributed by atoms with Gasteiger partial charge in [-0.25, -0.2) is 0 Å². The van der Waals surface area contributed by atoms with Crippen molar-refractivity contribution in [2.75, 3.05) is 6.54 Å². The van der Waals surface area contributed by atoms with Gasteiger partial charge in [0.1, 0.15) is 0 Å². The second-order valence-corrected chi connectivity index (χ2v) is 4.22. The summed E-state index contributed by atoms with van der Waals surface area (Å²) in [6.45, 7) is 3.51. The summed E-state index contributed by atoms with van der Waals surface area (Å²) in [5.41, 5.74) is 0.936. The van der Waals surface area contributed by atoms with E-state index in [-0.39, 0.29) is 12.3 Å². The monoisotopic (exact) mass is 237 g/mol. The minimum absolute atomic E-state index is 0.0957. The van der Waals surface area contributed by atoms with Crippen LogP contribution in [0.2, 0.25) is 0 Å². The number of likely N-dealkylation sites (tertiary alicyclic amines) is 1. The third kappa shape index (κ3) is 2.46. The van der Waals surface area contributed by atoms with E-state index in [4.69, 9.17) is 5.11 Å². The number of carboxylic acid groups (broad SMARTS) is 1. The van der Waals surface area contributed by atoms with Crippen molar-refractivity contribution in [3.05, 3.63) is 18.0 Å². The smallest absolute Gasteiger partial charge is 0.308 e. The highest BCUT2D eigenvalue weighted by Crippen LogP contribution is 2.20. The Morgan fingerprint density at radius 2 is 2.41 bits per heavy atom. The molecule has 92 valence electrons. The molecule has 2 heterocycles. The highest BCUT2D eigenvalue weighted by atomic mass is 16.4. The summed E-state index contributed by atoms with van der Waals surface area (Å²) >= 11 is 0. The number of aryl methyl sites for hydroxylation is 1. The highest BCUT2D eigenvalue weighted by molar-refractivity contribution is 5.86. The number of carbonyl (C=O) groups is 2. The van der Waals surface area contributed by atoms with Gasteiger partial charge in [-0.2, -0.15) is 5.10 Å². The predicted molar refractivity (Wildman–Crippen MR) is 59.1 cm³/mol. The number of nitrogens with zero attached hydrogens (tertiary/aromatic N) is 3. The lowest BCUT2D eigenvalue weighted by Gasteiger charge is -2.14. The van der Waals surface area contributed by atoms with Crippen LogP contribution in [0.4, 0.5) is 0 Å². The molecule has 1 N–H and O–H groups in total. The number of aromatic nitrogens is 2. The van der Waals surface area contributed by atoms with E-state index in [0.29, 0.717) is 13.1 Å². The van der Waals surface area contributed by atoms with Crippen molar-refractivity contribution in [1.82, 2.24) is 14.7 Å². The lowest BCUT2D eigenvalue weighted by atomic mass is 10.1. The molecule has 1 saturated heterocycles. The average Bonchev–Trinajstić information content (AvgIpc) is 2.87. The van der Waals surface area contributed by atoms with E-state index in [1.807, 2.05) is 13.1 Å². The lowest BCUT2D eigenvalue weighted by molar-refractivity contribution is -0.141. The molecule has 0 bridgehead atoms. The highest BCUT2D eigenvalue weighted by Gasteiger charge is 2.34. The van der Waals surface area contributed by atoms with Crippen LogP contribution < -0.4 is 0 Å². The van der Waals surface area contributed by atoms with Crippen molar-refractivity contribution >= 4 is 11.9 Å². The second-order valence-electron chi connectivity index (χ2n) is 4.22. The first-order valence-corrected chi connectivity index (χ1v) is 5.62. The maximum Gasteiger partial charge on any atom is 0.308 e. The fourth-order valence-corrected chi connectivity index (χ4v) is 1.97. The maximum absolute atomic E-state index is 11.6. The zero-order valence-corrected chi connectivity index (χ0v) is 9.67. The molecular formula is C11H15N3O3. The number of hydrogen-bond acceptors (Lipinski definition) is 3. The zero-order chi connectivity index (χ0) is 12.4. The molecular weight excluding hydrogens is 222 g/mol. The Bertz CT molecular complexity index is 441.